The Morgan fingerprint density at radius 3 is 2.68 bits per heavy atom. The number of para-hydroxylation sites is 1. The predicted molar refractivity (Wildman–Crippen MR) is 126 cm³/mol. The number of hydrogen-bond acceptors (Lipinski definition) is 4. The summed E-state index contributed by atoms with van der Waals surface area (Å²) >= 11 is 5.82. The van der Waals surface area contributed by atoms with Crippen molar-refractivity contribution < 1.29 is 23.9 Å². The molecule has 0 spiro atoms. The second-order valence-electron chi connectivity index (χ2n) is 8.33. The SMILES string of the molecule is NC(=O)n1cc(NC(=O)N2C[C@@H](CO)C[C@H]2C(=O)CCc2cccc(Cl)c2F)c2ccccc21. The first-order chi connectivity index (χ1) is 16.3. The normalized spacial score (nSPS) is 17.8. The van der Waals surface area contributed by atoms with Crippen molar-refractivity contribution in [1.82, 2.24) is 9.47 Å². The third kappa shape index (κ3) is 4.62. The fraction of sp³-hybridized carbons (Fsp3) is 0.292. The highest BCUT2D eigenvalue weighted by atomic mass is 35.5. The Morgan fingerprint density at radius 2 is 1.94 bits per heavy atom. The number of aliphatic hydroxyl groups is 1. The lowest BCUT2D eigenvalue weighted by atomic mass is 9.99. The third-order valence-electron chi connectivity index (χ3n) is 6.14. The van der Waals surface area contributed by atoms with Crippen molar-refractivity contribution in [2.75, 3.05) is 18.5 Å². The largest absolute Gasteiger partial charge is 0.396 e. The summed E-state index contributed by atoms with van der Waals surface area (Å²) in [6.07, 6.45) is 1.91. The molecule has 1 aliphatic rings. The van der Waals surface area contributed by atoms with E-state index in [0.717, 1.165) is 0 Å². The van der Waals surface area contributed by atoms with Crippen LogP contribution in [0.5, 0.6) is 0 Å². The zero-order valence-electron chi connectivity index (χ0n) is 18.2. The monoisotopic (exact) mass is 486 g/mol. The number of likely N-dealkylation sites (tertiary alicyclic amines) is 1. The predicted octanol–water partition coefficient (Wildman–Crippen LogP) is 3.78. The van der Waals surface area contributed by atoms with Gasteiger partial charge in [0.1, 0.15) is 5.82 Å². The molecule has 3 amide bonds. The number of carbonyl (C=O) groups excluding carboxylic acids is 3. The number of anilines is 1. The van der Waals surface area contributed by atoms with Gasteiger partial charge in [-0.2, -0.15) is 0 Å². The maximum atomic E-state index is 14.2. The Kier molecular flexibility index (Phi) is 6.85. The summed E-state index contributed by atoms with van der Waals surface area (Å²) in [7, 11) is 0. The Bertz CT molecular complexity index is 1260. The number of amides is 3. The van der Waals surface area contributed by atoms with Gasteiger partial charge < -0.3 is 21.1 Å². The summed E-state index contributed by atoms with van der Waals surface area (Å²) in [5, 5.41) is 13.0. The number of carbonyl (C=O) groups is 3. The fourth-order valence-electron chi connectivity index (χ4n) is 4.40. The van der Waals surface area contributed by atoms with Crippen molar-refractivity contribution >= 4 is 46.0 Å². The molecule has 2 heterocycles. The van der Waals surface area contributed by atoms with Gasteiger partial charge in [0.2, 0.25) is 0 Å². The average Bonchev–Trinajstić information content (AvgIpc) is 3.42. The molecule has 1 aliphatic heterocycles. The smallest absolute Gasteiger partial charge is 0.323 e. The maximum Gasteiger partial charge on any atom is 0.323 e. The van der Waals surface area contributed by atoms with E-state index in [2.05, 4.69) is 5.32 Å². The number of ketones is 1. The number of nitrogens with zero attached hydrogens (tertiary/aromatic N) is 2. The summed E-state index contributed by atoms with van der Waals surface area (Å²) in [5.41, 5.74) is 6.68. The topological polar surface area (TPSA) is 118 Å². The molecule has 0 radical (unpaired) electrons. The van der Waals surface area contributed by atoms with Gasteiger partial charge in [-0.15, -0.1) is 0 Å². The second-order valence-corrected chi connectivity index (χ2v) is 8.74. The van der Waals surface area contributed by atoms with Crippen molar-refractivity contribution in [3.63, 3.8) is 0 Å². The van der Waals surface area contributed by atoms with E-state index < -0.39 is 23.9 Å². The number of nitrogens with one attached hydrogen (secondary N) is 1. The van der Waals surface area contributed by atoms with Crippen LogP contribution in [0.1, 0.15) is 18.4 Å². The van der Waals surface area contributed by atoms with Gasteiger partial charge >= 0.3 is 12.1 Å². The minimum atomic E-state index is -0.760. The molecule has 0 unspecified atom stereocenters. The van der Waals surface area contributed by atoms with Crippen molar-refractivity contribution in [2.24, 2.45) is 11.7 Å². The van der Waals surface area contributed by atoms with E-state index in [1.54, 1.807) is 36.4 Å². The molecule has 3 aromatic rings. The Hall–Kier alpha value is -3.43. The molecule has 1 aromatic heterocycles. The molecule has 0 aliphatic carbocycles. The molecule has 2 atom stereocenters. The van der Waals surface area contributed by atoms with Gasteiger partial charge in [-0.05, 0) is 30.5 Å². The van der Waals surface area contributed by atoms with Crippen LogP contribution in [0.15, 0.2) is 48.7 Å². The first kappa shape index (κ1) is 23.7. The van der Waals surface area contributed by atoms with Crippen molar-refractivity contribution in [3.8, 4) is 0 Å². The second kappa shape index (κ2) is 9.82. The average molecular weight is 487 g/mol. The molecular formula is C24H24ClFN4O4. The summed E-state index contributed by atoms with van der Waals surface area (Å²) in [4.78, 5) is 39.4. The molecule has 178 valence electrons. The number of benzene rings is 2. The van der Waals surface area contributed by atoms with Crippen LogP contribution in [-0.2, 0) is 11.2 Å². The molecular weight excluding hydrogens is 463 g/mol. The molecule has 0 bridgehead atoms. The van der Waals surface area contributed by atoms with E-state index in [0.29, 0.717) is 28.6 Å². The van der Waals surface area contributed by atoms with E-state index in [4.69, 9.17) is 17.3 Å². The molecule has 4 rings (SSSR count). The van der Waals surface area contributed by atoms with Crippen molar-refractivity contribution in [2.45, 2.75) is 25.3 Å². The molecule has 1 fully saturated rings. The lowest BCUT2D eigenvalue weighted by molar-refractivity contribution is -0.122. The number of primary amides is 1. The minimum Gasteiger partial charge on any atom is -0.396 e. The summed E-state index contributed by atoms with van der Waals surface area (Å²) in [5.74, 6) is -1.04. The van der Waals surface area contributed by atoms with E-state index >= 15 is 0 Å². The number of rotatable bonds is 6. The van der Waals surface area contributed by atoms with Gasteiger partial charge in [0, 0.05) is 37.1 Å². The van der Waals surface area contributed by atoms with Gasteiger partial charge in [0.05, 0.1) is 22.3 Å². The first-order valence-corrected chi connectivity index (χ1v) is 11.2. The van der Waals surface area contributed by atoms with Crippen LogP contribution in [-0.4, -0.2) is 51.6 Å². The number of aliphatic hydroxyl groups excluding tert-OH is 1. The quantitative estimate of drug-likeness (QED) is 0.491. The minimum absolute atomic E-state index is 0.0118. The van der Waals surface area contributed by atoms with Gasteiger partial charge in [-0.25, -0.2) is 14.0 Å². The van der Waals surface area contributed by atoms with Crippen LogP contribution in [0.3, 0.4) is 0 Å². The number of halogens is 2. The van der Waals surface area contributed by atoms with E-state index in [-0.39, 0.29) is 42.7 Å². The standard InChI is InChI=1S/C24H24ClFN4O4/c25-17-6-3-4-15(22(17)26)8-9-21(32)20-10-14(13-31)11-30(20)24(34)28-18-12-29(23(27)33)19-7-2-1-5-16(18)19/h1-7,12,14,20,31H,8-11,13H2,(H2,27,33)(H,28,34)/t14-,20-/m0/s1. The lowest BCUT2D eigenvalue weighted by Crippen LogP contribution is -2.43. The first-order valence-electron chi connectivity index (χ1n) is 10.8. The number of nitrogens with two attached hydrogens (primary N) is 1. The van der Waals surface area contributed by atoms with Gasteiger partial charge in [0.15, 0.2) is 5.78 Å². The highest BCUT2D eigenvalue weighted by Crippen LogP contribution is 2.29. The molecule has 34 heavy (non-hydrogen) atoms. The van der Waals surface area contributed by atoms with Crippen LogP contribution in [0, 0.1) is 11.7 Å². The number of fused-ring (bicyclic) bond motifs is 1. The van der Waals surface area contributed by atoms with Crippen LogP contribution in [0.25, 0.3) is 10.9 Å². The molecule has 2 aromatic carbocycles. The molecule has 4 N–H and O–H groups in total. The zero-order chi connectivity index (χ0) is 24.4. The number of aromatic nitrogens is 1. The third-order valence-corrected chi connectivity index (χ3v) is 6.43. The number of hydrogen-bond donors (Lipinski definition) is 3. The van der Waals surface area contributed by atoms with Crippen molar-refractivity contribution in [3.05, 3.63) is 65.1 Å². The van der Waals surface area contributed by atoms with Gasteiger partial charge in [0.25, 0.3) is 0 Å². The molecule has 10 heteroatoms. The highest BCUT2D eigenvalue weighted by Gasteiger charge is 2.39. The lowest BCUT2D eigenvalue weighted by Gasteiger charge is -2.24. The van der Waals surface area contributed by atoms with E-state index in [9.17, 15) is 23.9 Å². The summed E-state index contributed by atoms with van der Waals surface area (Å²) < 4.78 is 15.4. The van der Waals surface area contributed by atoms with Crippen LogP contribution in [0.4, 0.5) is 19.7 Å². The molecule has 8 nitrogen and oxygen atoms in total. The number of aryl methyl sites for hydroxylation is 1. The summed E-state index contributed by atoms with van der Waals surface area (Å²) in [6, 6.07) is 9.59. The van der Waals surface area contributed by atoms with Crippen LogP contribution >= 0.6 is 11.6 Å². The fourth-order valence-corrected chi connectivity index (χ4v) is 4.59. The highest BCUT2D eigenvalue weighted by molar-refractivity contribution is 6.30. The number of Topliss-reactive ketones (excluding diaryl/α,β-unsaturated/α-hetero) is 1. The Morgan fingerprint density at radius 1 is 1.18 bits per heavy atom. The van der Waals surface area contributed by atoms with Gasteiger partial charge in [-0.3, -0.25) is 9.36 Å². The summed E-state index contributed by atoms with van der Waals surface area (Å²) in [6.45, 7) is 0.0240. The molecule has 1 saturated heterocycles. The number of urea groups is 1. The zero-order valence-corrected chi connectivity index (χ0v) is 19.0. The van der Waals surface area contributed by atoms with E-state index in [1.165, 1.54) is 21.7 Å². The molecule has 0 saturated carbocycles. The Balaban J connectivity index is 1.52. The Labute approximate surface area is 200 Å². The maximum absolute atomic E-state index is 14.2. The van der Waals surface area contributed by atoms with Gasteiger partial charge in [-0.1, -0.05) is 41.9 Å². The van der Waals surface area contributed by atoms with E-state index in [1.807, 2.05) is 0 Å². The van der Waals surface area contributed by atoms with Crippen LogP contribution < -0.4 is 11.1 Å². The van der Waals surface area contributed by atoms with Crippen molar-refractivity contribution in [1.29, 1.82) is 0 Å². The van der Waals surface area contributed by atoms with Crippen LogP contribution in [0.2, 0.25) is 5.02 Å².